The van der Waals surface area contributed by atoms with E-state index in [1.807, 2.05) is 24.3 Å². The summed E-state index contributed by atoms with van der Waals surface area (Å²) in [5, 5.41) is 6.28. The highest BCUT2D eigenvalue weighted by atomic mass is 16.5. The molecule has 1 aromatic carbocycles. The topological polar surface area (TPSA) is 53.6 Å². The van der Waals surface area contributed by atoms with Gasteiger partial charge in [-0.05, 0) is 57.0 Å². The lowest BCUT2D eigenvalue weighted by Gasteiger charge is -2.37. The molecule has 3 rings (SSSR count). The van der Waals surface area contributed by atoms with Crippen molar-refractivity contribution in [2.75, 3.05) is 24.8 Å². The Morgan fingerprint density at radius 3 is 2.29 bits per heavy atom. The van der Waals surface area contributed by atoms with Gasteiger partial charge in [-0.1, -0.05) is 0 Å². The highest BCUT2D eigenvalue weighted by molar-refractivity contribution is 5.84. The summed E-state index contributed by atoms with van der Waals surface area (Å²) in [6, 6.07) is 9.82. The van der Waals surface area contributed by atoms with E-state index in [-0.39, 0.29) is 0 Å². The van der Waals surface area contributed by atoms with Crippen LogP contribution in [-0.4, -0.2) is 43.3 Å². The monoisotopic (exact) mass is 289 g/mol. The third kappa shape index (κ3) is 3.13. The Morgan fingerprint density at radius 2 is 1.71 bits per heavy atom. The zero-order valence-corrected chi connectivity index (χ0v) is 12.6. The molecule has 2 N–H and O–H groups in total. The maximum Gasteiger partial charge on any atom is 0.411 e. The number of hydrogen-bond acceptors (Lipinski definition) is 4. The van der Waals surface area contributed by atoms with Crippen molar-refractivity contribution < 1.29 is 9.53 Å². The highest BCUT2D eigenvalue weighted by Crippen LogP contribution is 2.35. The molecule has 21 heavy (non-hydrogen) atoms. The number of anilines is 2. The van der Waals surface area contributed by atoms with Crippen molar-refractivity contribution in [1.29, 1.82) is 0 Å². The summed E-state index contributed by atoms with van der Waals surface area (Å²) >= 11 is 0. The third-order valence-electron chi connectivity index (χ3n) is 4.79. The molecule has 5 nitrogen and oxygen atoms in total. The molecule has 2 saturated heterocycles. The fourth-order valence-corrected chi connectivity index (χ4v) is 3.58. The van der Waals surface area contributed by atoms with E-state index >= 15 is 0 Å². The van der Waals surface area contributed by atoms with Gasteiger partial charge < -0.3 is 15.0 Å². The summed E-state index contributed by atoms with van der Waals surface area (Å²) in [7, 11) is 3.62. The van der Waals surface area contributed by atoms with Gasteiger partial charge in [0.05, 0.1) is 7.11 Å². The second-order valence-electron chi connectivity index (χ2n) is 6.06. The van der Waals surface area contributed by atoms with Gasteiger partial charge in [0.15, 0.2) is 0 Å². The van der Waals surface area contributed by atoms with E-state index in [0.29, 0.717) is 6.04 Å². The molecule has 1 aromatic rings. The van der Waals surface area contributed by atoms with Gasteiger partial charge >= 0.3 is 6.09 Å². The molecular formula is C16H23N3O2. The molecular weight excluding hydrogens is 266 g/mol. The lowest BCUT2D eigenvalue weighted by molar-refractivity contribution is 0.169. The number of amides is 1. The van der Waals surface area contributed by atoms with E-state index in [4.69, 9.17) is 0 Å². The second-order valence-corrected chi connectivity index (χ2v) is 6.06. The fraction of sp³-hybridized carbons (Fsp3) is 0.562. The maximum absolute atomic E-state index is 11.1. The van der Waals surface area contributed by atoms with Crippen LogP contribution in [-0.2, 0) is 4.74 Å². The Balaban J connectivity index is 1.57. The van der Waals surface area contributed by atoms with Crippen LogP contribution in [0.1, 0.15) is 25.7 Å². The van der Waals surface area contributed by atoms with Gasteiger partial charge in [0.25, 0.3) is 0 Å². The molecule has 2 bridgehead atoms. The first-order valence-corrected chi connectivity index (χ1v) is 7.59. The van der Waals surface area contributed by atoms with Crippen LogP contribution in [0.3, 0.4) is 0 Å². The molecule has 1 amide bonds. The molecule has 0 aromatic heterocycles. The predicted octanol–water partition coefficient (Wildman–Crippen LogP) is 2.90. The maximum atomic E-state index is 11.1. The number of fused-ring (bicyclic) bond motifs is 2. The van der Waals surface area contributed by atoms with Gasteiger partial charge in [0, 0.05) is 29.5 Å². The number of nitrogens with one attached hydrogen (secondary N) is 2. The van der Waals surface area contributed by atoms with E-state index in [1.54, 1.807) is 0 Å². The molecule has 2 atom stereocenters. The molecule has 0 aliphatic carbocycles. The quantitative estimate of drug-likeness (QED) is 0.898. The molecule has 0 radical (unpaired) electrons. The van der Waals surface area contributed by atoms with Crippen molar-refractivity contribution >= 4 is 17.5 Å². The predicted molar refractivity (Wildman–Crippen MR) is 83.7 cm³/mol. The van der Waals surface area contributed by atoms with Gasteiger partial charge in [0.1, 0.15) is 0 Å². The Labute approximate surface area is 125 Å². The normalized spacial score (nSPS) is 28.2. The Hall–Kier alpha value is -1.75. The van der Waals surface area contributed by atoms with Crippen LogP contribution in [0.15, 0.2) is 24.3 Å². The molecule has 114 valence electrons. The molecule has 2 aliphatic heterocycles. The molecule has 2 heterocycles. The molecule has 2 fully saturated rings. The summed E-state index contributed by atoms with van der Waals surface area (Å²) in [6.07, 6.45) is 4.66. The zero-order valence-electron chi connectivity index (χ0n) is 12.6. The third-order valence-corrected chi connectivity index (χ3v) is 4.79. The number of ether oxygens (including phenoxy) is 1. The van der Waals surface area contributed by atoms with Crippen molar-refractivity contribution in [3.05, 3.63) is 24.3 Å². The SMILES string of the molecule is COC(=O)Nc1ccc(NC2CC3CCC(C2)N3C)cc1. The van der Waals surface area contributed by atoms with Crippen LogP contribution >= 0.6 is 0 Å². The number of carbonyl (C=O) groups excluding carboxylic acids is 1. The number of nitrogens with zero attached hydrogens (tertiary/aromatic N) is 1. The standard InChI is InChI=1S/C16H23N3O2/c1-19-14-7-8-15(19)10-13(9-14)17-11-3-5-12(6-4-11)18-16(20)21-2/h3-6,13-15,17H,7-10H2,1-2H3,(H,18,20). The number of rotatable bonds is 3. The number of hydrogen-bond donors (Lipinski definition) is 2. The van der Waals surface area contributed by atoms with Crippen LogP contribution < -0.4 is 10.6 Å². The number of benzene rings is 1. The summed E-state index contributed by atoms with van der Waals surface area (Å²) in [4.78, 5) is 13.7. The molecule has 0 spiro atoms. The Morgan fingerprint density at radius 1 is 1.14 bits per heavy atom. The lowest BCUT2D eigenvalue weighted by atomic mass is 9.98. The van der Waals surface area contributed by atoms with E-state index in [2.05, 4.69) is 27.3 Å². The van der Waals surface area contributed by atoms with Crippen LogP contribution in [0.2, 0.25) is 0 Å². The molecule has 0 saturated carbocycles. The second kappa shape index (κ2) is 5.93. The van der Waals surface area contributed by atoms with Gasteiger partial charge in [0.2, 0.25) is 0 Å². The lowest BCUT2D eigenvalue weighted by Crippen LogP contribution is -2.44. The Bertz CT molecular complexity index is 489. The van der Waals surface area contributed by atoms with Gasteiger partial charge in [-0.25, -0.2) is 4.79 Å². The van der Waals surface area contributed by atoms with Gasteiger partial charge in [-0.3, -0.25) is 5.32 Å². The minimum absolute atomic E-state index is 0.442. The fourth-order valence-electron chi connectivity index (χ4n) is 3.58. The average Bonchev–Trinajstić information content (AvgIpc) is 2.71. The Kier molecular flexibility index (Phi) is 4.01. The largest absolute Gasteiger partial charge is 0.453 e. The van der Waals surface area contributed by atoms with E-state index in [0.717, 1.165) is 23.5 Å². The number of methoxy groups -OCH3 is 1. The summed E-state index contributed by atoms with van der Waals surface area (Å²) in [5.74, 6) is 0. The van der Waals surface area contributed by atoms with Crippen molar-refractivity contribution in [2.45, 2.75) is 43.8 Å². The number of carbonyl (C=O) groups is 1. The van der Waals surface area contributed by atoms with Crippen molar-refractivity contribution in [3.8, 4) is 0 Å². The van der Waals surface area contributed by atoms with E-state index < -0.39 is 6.09 Å². The van der Waals surface area contributed by atoms with Crippen LogP contribution in [0.4, 0.5) is 16.2 Å². The highest BCUT2D eigenvalue weighted by Gasteiger charge is 2.38. The first-order valence-electron chi connectivity index (χ1n) is 7.59. The van der Waals surface area contributed by atoms with Gasteiger partial charge in [-0.2, -0.15) is 0 Å². The van der Waals surface area contributed by atoms with Gasteiger partial charge in [-0.15, -0.1) is 0 Å². The average molecular weight is 289 g/mol. The summed E-state index contributed by atoms with van der Waals surface area (Å²) in [6.45, 7) is 0. The summed E-state index contributed by atoms with van der Waals surface area (Å²) < 4.78 is 4.58. The van der Waals surface area contributed by atoms with E-state index in [1.165, 1.54) is 32.8 Å². The van der Waals surface area contributed by atoms with E-state index in [9.17, 15) is 4.79 Å². The number of piperidine rings is 1. The first-order chi connectivity index (χ1) is 10.2. The van der Waals surface area contributed by atoms with Crippen molar-refractivity contribution in [1.82, 2.24) is 4.90 Å². The van der Waals surface area contributed by atoms with Crippen molar-refractivity contribution in [2.24, 2.45) is 0 Å². The van der Waals surface area contributed by atoms with Crippen LogP contribution in [0.25, 0.3) is 0 Å². The first kappa shape index (κ1) is 14.2. The molecule has 5 heteroatoms. The van der Waals surface area contributed by atoms with Crippen molar-refractivity contribution in [3.63, 3.8) is 0 Å². The zero-order chi connectivity index (χ0) is 14.8. The molecule has 2 unspecified atom stereocenters. The molecule has 2 aliphatic rings. The van der Waals surface area contributed by atoms with Crippen LogP contribution in [0, 0.1) is 0 Å². The summed E-state index contributed by atoms with van der Waals surface area (Å²) in [5.41, 5.74) is 1.86. The minimum atomic E-state index is -0.442. The minimum Gasteiger partial charge on any atom is -0.453 e. The van der Waals surface area contributed by atoms with Crippen LogP contribution in [0.5, 0.6) is 0 Å². The smallest absolute Gasteiger partial charge is 0.411 e.